The number of H-pyrrole nitrogens is 1. The minimum Gasteiger partial charge on any atom is -0.488 e. The number of halogens is 3. The molecule has 32 heavy (non-hydrogen) atoms. The Kier molecular flexibility index (Phi) is 5.95. The molecule has 3 N–H and O–H groups in total. The predicted octanol–water partition coefficient (Wildman–Crippen LogP) is 3.46. The van der Waals surface area contributed by atoms with Crippen molar-refractivity contribution >= 4 is 21.5 Å². The van der Waals surface area contributed by atoms with E-state index in [1.807, 2.05) is 0 Å². The van der Waals surface area contributed by atoms with Gasteiger partial charge < -0.3 is 15.0 Å². The number of fused-ring (bicyclic) bond motifs is 1. The second-order valence-electron chi connectivity index (χ2n) is 7.45. The van der Waals surface area contributed by atoms with Crippen molar-refractivity contribution < 1.29 is 26.3 Å². The third kappa shape index (κ3) is 4.63. The van der Waals surface area contributed by atoms with Crippen molar-refractivity contribution in [2.45, 2.75) is 42.9 Å². The van der Waals surface area contributed by atoms with Crippen LogP contribution in [0, 0.1) is 5.92 Å². The van der Waals surface area contributed by atoms with Crippen molar-refractivity contribution in [2.75, 3.05) is 12.4 Å². The number of nitrogens with one attached hydrogen (secondary N) is 3. The molecule has 2 heterocycles. The highest BCUT2D eigenvalue weighted by Gasteiger charge is 2.41. The number of aromatic amines is 1. The van der Waals surface area contributed by atoms with Crippen molar-refractivity contribution in [3.63, 3.8) is 0 Å². The average Bonchev–Trinajstić information content (AvgIpc) is 3.24. The summed E-state index contributed by atoms with van der Waals surface area (Å²) in [6.45, 7) is 0. The first-order valence-electron chi connectivity index (χ1n) is 9.89. The third-order valence-electron chi connectivity index (χ3n) is 5.43. The molecular formula is C19H21F3N6O3S. The number of aromatic nitrogens is 4. The maximum Gasteiger partial charge on any atom is 0.391 e. The van der Waals surface area contributed by atoms with Crippen LogP contribution in [0.15, 0.2) is 35.7 Å². The lowest BCUT2D eigenvalue weighted by Gasteiger charge is -2.30. The highest BCUT2D eigenvalue weighted by molar-refractivity contribution is 7.89. The lowest BCUT2D eigenvalue weighted by Crippen LogP contribution is -2.32. The zero-order chi connectivity index (χ0) is 22.9. The smallest absolute Gasteiger partial charge is 0.391 e. The van der Waals surface area contributed by atoms with Gasteiger partial charge in [0.05, 0.1) is 28.9 Å². The van der Waals surface area contributed by atoms with Crippen LogP contribution >= 0.6 is 0 Å². The van der Waals surface area contributed by atoms with E-state index in [-0.39, 0.29) is 30.6 Å². The van der Waals surface area contributed by atoms with Gasteiger partial charge in [-0.15, -0.1) is 0 Å². The lowest BCUT2D eigenvalue weighted by molar-refractivity contribution is -0.185. The Labute approximate surface area is 182 Å². The molecule has 0 bridgehead atoms. The summed E-state index contributed by atoms with van der Waals surface area (Å²) in [5.74, 6) is -0.206. The summed E-state index contributed by atoms with van der Waals surface area (Å²) in [5, 5.41) is 3.07. The summed E-state index contributed by atoms with van der Waals surface area (Å²) in [5.41, 5.74) is 0.747. The molecule has 0 aromatic heterocycles. The number of benzene rings is 1. The van der Waals surface area contributed by atoms with Crippen molar-refractivity contribution in [3.8, 4) is 17.3 Å². The predicted molar refractivity (Wildman–Crippen MR) is 109 cm³/mol. The number of sulfonamides is 1. The molecule has 0 spiro atoms. The fourth-order valence-corrected chi connectivity index (χ4v) is 4.43. The molecule has 4 rings (SSSR count). The molecule has 0 saturated heterocycles. The van der Waals surface area contributed by atoms with Gasteiger partial charge in [0.25, 0.3) is 0 Å². The fourth-order valence-electron chi connectivity index (χ4n) is 3.67. The van der Waals surface area contributed by atoms with Gasteiger partial charge >= 0.3 is 6.18 Å². The largest absolute Gasteiger partial charge is 0.488 e. The number of alkyl halides is 3. The third-order valence-corrected chi connectivity index (χ3v) is 6.84. The molecule has 172 valence electrons. The van der Waals surface area contributed by atoms with Gasteiger partial charge in [-0.05, 0) is 50.9 Å². The zero-order valence-corrected chi connectivity index (χ0v) is 17.8. The normalized spacial score (nSPS) is 19.8. The standard InChI is InChI=1S/C19H21F3N6O3S/c1-23-32(29,30)13-6-7-15(31-12-4-2-11(3-5-12)19(20,21)22)14(8-13)28-18-16-17(25-9-24-16)26-10-27-18/h6-12,23H,2-5H2,1H3,(H2,24,25,26,27,28). The quantitative estimate of drug-likeness (QED) is 0.504. The van der Waals surface area contributed by atoms with Gasteiger partial charge in [-0.2, -0.15) is 13.2 Å². The van der Waals surface area contributed by atoms with Crippen LogP contribution in [0.5, 0.6) is 5.75 Å². The van der Waals surface area contributed by atoms with E-state index in [2.05, 4.69) is 30.0 Å². The molecule has 0 radical (unpaired) electrons. The summed E-state index contributed by atoms with van der Waals surface area (Å²) >= 11 is 0. The Morgan fingerprint density at radius 1 is 1.12 bits per heavy atom. The molecule has 3 aliphatic rings. The first-order valence-corrected chi connectivity index (χ1v) is 11.4. The van der Waals surface area contributed by atoms with Crippen molar-refractivity contribution in [1.29, 1.82) is 0 Å². The van der Waals surface area contributed by atoms with Gasteiger partial charge in [-0.3, -0.25) is 0 Å². The van der Waals surface area contributed by atoms with Gasteiger partial charge in [0.1, 0.15) is 17.9 Å². The minimum atomic E-state index is -4.20. The van der Waals surface area contributed by atoms with Gasteiger partial charge in [-0.1, -0.05) is 0 Å². The summed E-state index contributed by atoms with van der Waals surface area (Å²) < 4.78 is 71.7. The van der Waals surface area contributed by atoms with Crippen LogP contribution < -0.4 is 14.8 Å². The Bertz CT molecular complexity index is 1160. The highest BCUT2D eigenvalue weighted by Crippen LogP contribution is 2.40. The number of hydrogen-bond donors (Lipinski definition) is 3. The topological polar surface area (TPSA) is 122 Å². The molecule has 1 aromatic carbocycles. The van der Waals surface area contributed by atoms with E-state index in [1.54, 1.807) is 0 Å². The van der Waals surface area contributed by atoms with Crippen LogP contribution in [0.2, 0.25) is 0 Å². The van der Waals surface area contributed by atoms with Gasteiger partial charge in [0.15, 0.2) is 11.5 Å². The van der Waals surface area contributed by atoms with Crippen molar-refractivity contribution in [1.82, 2.24) is 24.7 Å². The Hall–Kier alpha value is -2.93. The number of rotatable bonds is 6. The van der Waals surface area contributed by atoms with Crippen molar-refractivity contribution in [3.05, 3.63) is 30.9 Å². The molecule has 1 aliphatic carbocycles. The first-order chi connectivity index (χ1) is 15.2. The molecule has 0 amide bonds. The number of anilines is 2. The molecular weight excluding hydrogens is 449 g/mol. The van der Waals surface area contributed by atoms with E-state index in [9.17, 15) is 21.6 Å². The van der Waals surface area contributed by atoms with Crippen LogP contribution in [-0.2, 0) is 10.0 Å². The van der Waals surface area contributed by atoms with Crippen LogP contribution in [0.3, 0.4) is 0 Å². The molecule has 0 unspecified atom stereocenters. The van der Waals surface area contributed by atoms with Gasteiger partial charge in [0.2, 0.25) is 10.0 Å². The van der Waals surface area contributed by atoms with Crippen molar-refractivity contribution in [2.24, 2.45) is 5.92 Å². The molecule has 1 aromatic rings. The minimum absolute atomic E-state index is 0.00507. The number of imidazole rings is 1. The number of hydrogen-bond acceptors (Lipinski definition) is 7. The SMILES string of the molecule is CNS(=O)(=O)c1ccc(OC2CCC(C(F)(F)F)CC2)c(Nc2[nH]cnc3ncnc2-3)c1. The monoisotopic (exact) mass is 470 g/mol. The van der Waals surface area contributed by atoms with Crippen LogP contribution in [0.4, 0.5) is 24.7 Å². The maximum absolute atomic E-state index is 13.0. The molecule has 9 nitrogen and oxygen atoms in total. The van der Waals surface area contributed by atoms with E-state index in [4.69, 9.17) is 4.74 Å². The highest BCUT2D eigenvalue weighted by atomic mass is 32.2. The summed E-state index contributed by atoms with van der Waals surface area (Å²) in [6, 6.07) is 4.25. The van der Waals surface area contributed by atoms with E-state index >= 15 is 0 Å². The Balaban J connectivity index is 1.61. The summed E-state index contributed by atoms with van der Waals surface area (Å²) in [6.07, 6.45) is -1.39. The Morgan fingerprint density at radius 3 is 2.56 bits per heavy atom. The van der Waals surface area contributed by atoms with E-state index < -0.39 is 28.2 Å². The maximum atomic E-state index is 13.0. The molecule has 0 atom stereocenters. The van der Waals surface area contributed by atoms with Crippen LogP contribution in [0.1, 0.15) is 25.7 Å². The first kappa shape index (κ1) is 22.3. The number of nitrogens with zero attached hydrogens (tertiary/aromatic N) is 3. The molecule has 2 aliphatic heterocycles. The average molecular weight is 470 g/mol. The second-order valence-corrected chi connectivity index (χ2v) is 9.33. The number of ether oxygens (including phenoxy) is 1. The van der Waals surface area contributed by atoms with E-state index in [0.717, 1.165) is 0 Å². The lowest BCUT2D eigenvalue weighted by atomic mass is 9.87. The Morgan fingerprint density at radius 2 is 1.88 bits per heavy atom. The molecule has 1 saturated carbocycles. The molecule has 13 heteroatoms. The molecule has 1 fully saturated rings. The fraction of sp³-hybridized carbons (Fsp3) is 0.421. The summed E-state index contributed by atoms with van der Waals surface area (Å²) in [4.78, 5) is 15.1. The van der Waals surface area contributed by atoms with E-state index in [0.29, 0.717) is 28.8 Å². The summed E-state index contributed by atoms with van der Waals surface area (Å²) in [7, 11) is -2.44. The van der Waals surface area contributed by atoms with Crippen LogP contribution in [-0.4, -0.2) is 47.7 Å². The second kappa shape index (κ2) is 8.54. The van der Waals surface area contributed by atoms with E-state index in [1.165, 1.54) is 37.9 Å². The zero-order valence-electron chi connectivity index (χ0n) is 17.0. The van der Waals surface area contributed by atoms with Crippen LogP contribution in [0.25, 0.3) is 11.5 Å². The van der Waals surface area contributed by atoms with Gasteiger partial charge in [0, 0.05) is 0 Å². The van der Waals surface area contributed by atoms with Gasteiger partial charge in [-0.25, -0.2) is 28.1 Å².